The fourth-order valence-electron chi connectivity index (χ4n) is 3.53. The third kappa shape index (κ3) is 5.49. The maximum absolute atomic E-state index is 13.1. The minimum Gasteiger partial charge on any atom is -0.497 e. The molecule has 1 fully saturated rings. The molecule has 0 radical (unpaired) electrons. The fourth-order valence-corrected chi connectivity index (χ4v) is 3.53. The van der Waals surface area contributed by atoms with Crippen molar-refractivity contribution in [2.45, 2.75) is 32.3 Å². The van der Waals surface area contributed by atoms with Gasteiger partial charge in [-0.25, -0.2) is 0 Å². The van der Waals surface area contributed by atoms with Gasteiger partial charge in [0.1, 0.15) is 11.4 Å². The highest BCUT2D eigenvalue weighted by molar-refractivity contribution is 5.99. The Morgan fingerprint density at radius 1 is 1.13 bits per heavy atom. The summed E-state index contributed by atoms with van der Waals surface area (Å²) in [5.74, 6) is 6.01. The predicted octanol–water partition coefficient (Wildman–Crippen LogP) is 3.55. The standard InChI is InChI=1S/C25H27NO4/c1-25(2,29)13-12-18-7-4-9-20(15-18)24(28)26-14-6-10-21(17-26)23(27)19-8-5-11-22(16-19)30-3/h4-5,7-9,11,15-16,21,29H,6,10,14,17H2,1-3H3/t21-/m1/s1. The van der Waals surface area contributed by atoms with E-state index in [-0.39, 0.29) is 17.6 Å². The van der Waals surface area contributed by atoms with Crippen LogP contribution < -0.4 is 4.74 Å². The molecule has 2 aromatic carbocycles. The summed E-state index contributed by atoms with van der Waals surface area (Å²) in [5, 5.41) is 9.78. The summed E-state index contributed by atoms with van der Waals surface area (Å²) in [6, 6.07) is 14.2. The van der Waals surface area contributed by atoms with Gasteiger partial charge >= 0.3 is 0 Å². The van der Waals surface area contributed by atoms with Crippen LogP contribution in [0.25, 0.3) is 0 Å². The van der Waals surface area contributed by atoms with Crippen LogP contribution in [-0.4, -0.2) is 47.5 Å². The second kappa shape index (κ2) is 9.15. The molecule has 1 amide bonds. The monoisotopic (exact) mass is 405 g/mol. The molecule has 0 spiro atoms. The number of likely N-dealkylation sites (tertiary alicyclic amines) is 1. The average Bonchev–Trinajstić information content (AvgIpc) is 2.76. The van der Waals surface area contributed by atoms with E-state index >= 15 is 0 Å². The first-order valence-corrected chi connectivity index (χ1v) is 10.1. The SMILES string of the molecule is COc1cccc(C(=O)[C@@H]2CCCN(C(=O)c3cccc(C#CC(C)(C)O)c3)C2)c1. The number of methoxy groups -OCH3 is 1. The first kappa shape index (κ1) is 21.6. The molecule has 0 bridgehead atoms. The van der Waals surface area contributed by atoms with Gasteiger partial charge in [-0.2, -0.15) is 0 Å². The zero-order chi connectivity index (χ0) is 21.7. The summed E-state index contributed by atoms with van der Waals surface area (Å²) in [7, 11) is 1.57. The van der Waals surface area contributed by atoms with E-state index in [0.717, 1.165) is 12.8 Å². The molecule has 1 saturated heterocycles. The quantitative estimate of drug-likeness (QED) is 0.624. The lowest BCUT2D eigenvalue weighted by molar-refractivity contribution is 0.0636. The number of nitrogens with zero attached hydrogens (tertiary/aromatic N) is 1. The van der Waals surface area contributed by atoms with Crippen LogP contribution in [-0.2, 0) is 0 Å². The van der Waals surface area contributed by atoms with Gasteiger partial charge in [-0.05, 0) is 57.0 Å². The third-order valence-electron chi connectivity index (χ3n) is 5.06. The van der Waals surface area contributed by atoms with E-state index in [2.05, 4.69) is 11.8 Å². The number of hydrogen-bond acceptors (Lipinski definition) is 4. The lowest BCUT2D eigenvalue weighted by Gasteiger charge is -2.32. The molecule has 1 aliphatic heterocycles. The highest BCUT2D eigenvalue weighted by Crippen LogP contribution is 2.24. The molecule has 5 heteroatoms. The minimum atomic E-state index is -1.10. The maximum Gasteiger partial charge on any atom is 0.253 e. The Morgan fingerprint density at radius 2 is 1.87 bits per heavy atom. The number of aliphatic hydroxyl groups is 1. The lowest BCUT2D eigenvalue weighted by atomic mass is 9.89. The molecule has 1 atom stereocenters. The van der Waals surface area contributed by atoms with E-state index in [9.17, 15) is 14.7 Å². The van der Waals surface area contributed by atoms with Gasteiger partial charge in [0, 0.05) is 35.7 Å². The summed E-state index contributed by atoms with van der Waals surface area (Å²) in [4.78, 5) is 27.8. The molecule has 30 heavy (non-hydrogen) atoms. The van der Waals surface area contributed by atoms with Gasteiger partial charge in [0.2, 0.25) is 0 Å². The third-order valence-corrected chi connectivity index (χ3v) is 5.06. The number of benzene rings is 2. The molecule has 0 saturated carbocycles. The second-order valence-corrected chi connectivity index (χ2v) is 8.08. The van der Waals surface area contributed by atoms with Gasteiger partial charge in [-0.1, -0.05) is 30.0 Å². The van der Waals surface area contributed by atoms with Crippen molar-refractivity contribution in [3.8, 4) is 17.6 Å². The minimum absolute atomic E-state index is 0.0381. The van der Waals surface area contributed by atoms with Gasteiger partial charge in [0.15, 0.2) is 5.78 Å². The number of piperidine rings is 1. The van der Waals surface area contributed by atoms with Crippen molar-refractivity contribution in [2.24, 2.45) is 5.92 Å². The van der Waals surface area contributed by atoms with Crippen molar-refractivity contribution in [3.05, 3.63) is 65.2 Å². The van der Waals surface area contributed by atoms with Crippen molar-refractivity contribution >= 4 is 11.7 Å². The molecule has 1 aliphatic rings. The lowest BCUT2D eigenvalue weighted by Crippen LogP contribution is -2.42. The van der Waals surface area contributed by atoms with Crippen molar-refractivity contribution in [1.82, 2.24) is 4.90 Å². The zero-order valence-electron chi connectivity index (χ0n) is 17.6. The van der Waals surface area contributed by atoms with E-state index in [1.165, 1.54) is 0 Å². The molecule has 0 aliphatic carbocycles. The summed E-state index contributed by atoms with van der Waals surface area (Å²) < 4.78 is 5.22. The molecule has 1 N–H and O–H groups in total. The molecule has 2 aromatic rings. The Hall–Kier alpha value is -3.10. The fraction of sp³-hybridized carbons (Fsp3) is 0.360. The molecule has 3 rings (SSSR count). The second-order valence-electron chi connectivity index (χ2n) is 8.08. The number of ketones is 1. The number of rotatable bonds is 4. The first-order valence-electron chi connectivity index (χ1n) is 10.1. The Morgan fingerprint density at radius 3 is 2.60 bits per heavy atom. The van der Waals surface area contributed by atoms with Crippen molar-refractivity contribution in [1.29, 1.82) is 0 Å². The Balaban J connectivity index is 1.74. The van der Waals surface area contributed by atoms with Crippen LogP contribution in [0.5, 0.6) is 5.75 Å². The molecular weight excluding hydrogens is 378 g/mol. The van der Waals surface area contributed by atoms with E-state index in [1.807, 2.05) is 0 Å². The van der Waals surface area contributed by atoms with Crippen molar-refractivity contribution in [2.75, 3.05) is 20.2 Å². The molecule has 1 heterocycles. The largest absolute Gasteiger partial charge is 0.497 e. The maximum atomic E-state index is 13.1. The van der Waals surface area contributed by atoms with E-state index in [0.29, 0.717) is 35.5 Å². The van der Waals surface area contributed by atoms with E-state index < -0.39 is 5.60 Å². The van der Waals surface area contributed by atoms with Crippen LogP contribution in [0, 0.1) is 17.8 Å². The van der Waals surface area contributed by atoms with Crippen molar-refractivity contribution in [3.63, 3.8) is 0 Å². The Labute approximate surface area is 177 Å². The van der Waals surface area contributed by atoms with Crippen LogP contribution in [0.1, 0.15) is 53.0 Å². The molecule has 0 aromatic heterocycles. The smallest absolute Gasteiger partial charge is 0.253 e. The van der Waals surface area contributed by atoms with Crippen LogP contribution in [0.2, 0.25) is 0 Å². The predicted molar refractivity (Wildman–Crippen MR) is 116 cm³/mol. The molecular formula is C25H27NO4. The Kier molecular flexibility index (Phi) is 6.59. The summed E-state index contributed by atoms with van der Waals surface area (Å²) in [5.41, 5.74) is 0.717. The topological polar surface area (TPSA) is 66.8 Å². The number of Topliss-reactive ketones (excluding diaryl/α,β-unsaturated/α-hetero) is 1. The molecule has 156 valence electrons. The van der Waals surface area contributed by atoms with Gasteiger partial charge in [0.25, 0.3) is 5.91 Å². The molecule has 5 nitrogen and oxygen atoms in total. The van der Waals surface area contributed by atoms with Gasteiger partial charge in [-0.15, -0.1) is 0 Å². The van der Waals surface area contributed by atoms with Crippen LogP contribution in [0.4, 0.5) is 0 Å². The first-order chi connectivity index (χ1) is 14.3. The normalized spacial score (nSPS) is 16.4. The summed E-state index contributed by atoms with van der Waals surface area (Å²) in [6.45, 7) is 4.25. The average molecular weight is 405 g/mol. The van der Waals surface area contributed by atoms with Gasteiger partial charge in [0.05, 0.1) is 7.11 Å². The Bertz CT molecular complexity index is 994. The van der Waals surface area contributed by atoms with E-state index in [1.54, 1.807) is 74.4 Å². The molecule has 0 unspecified atom stereocenters. The van der Waals surface area contributed by atoms with Crippen LogP contribution in [0.3, 0.4) is 0 Å². The number of hydrogen-bond donors (Lipinski definition) is 1. The highest BCUT2D eigenvalue weighted by atomic mass is 16.5. The van der Waals surface area contributed by atoms with Crippen molar-refractivity contribution < 1.29 is 19.4 Å². The number of amides is 1. The number of carbonyl (C=O) groups excluding carboxylic acids is 2. The number of ether oxygens (including phenoxy) is 1. The van der Waals surface area contributed by atoms with Crippen LogP contribution >= 0.6 is 0 Å². The summed E-state index contributed by atoms with van der Waals surface area (Å²) >= 11 is 0. The van der Waals surface area contributed by atoms with Gasteiger partial charge < -0.3 is 14.7 Å². The van der Waals surface area contributed by atoms with E-state index in [4.69, 9.17) is 4.74 Å². The van der Waals surface area contributed by atoms with Crippen LogP contribution in [0.15, 0.2) is 48.5 Å². The zero-order valence-corrected chi connectivity index (χ0v) is 17.6. The van der Waals surface area contributed by atoms with Gasteiger partial charge in [-0.3, -0.25) is 9.59 Å². The summed E-state index contributed by atoms with van der Waals surface area (Å²) in [6.07, 6.45) is 1.54. The number of carbonyl (C=O) groups is 2. The highest BCUT2D eigenvalue weighted by Gasteiger charge is 2.29.